The van der Waals surface area contributed by atoms with Crippen molar-refractivity contribution in [1.82, 2.24) is 5.32 Å². The molecular formula is C18H29N. The highest BCUT2D eigenvalue weighted by Crippen LogP contribution is 2.44. The first-order chi connectivity index (χ1) is 8.72. The van der Waals surface area contributed by atoms with Crippen molar-refractivity contribution >= 4 is 0 Å². The van der Waals surface area contributed by atoms with E-state index in [1.54, 1.807) is 0 Å². The topological polar surface area (TPSA) is 12.0 Å². The van der Waals surface area contributed by atoms with Crippen molar-refractivity contribution in [2.45, 2.75) is 66.5 Å². The van der Waals surface area contributed by atoms with Gasteiger partial charge < -0.3 is 5.32 Å². The maximum absolute atomic E-state index is 3.91. The number of hydrogen-bond acceptors (Lipinski definition) is 1. The molecule has 0 saturated heterocycles. The van der Waals surface area contributed by atoms with E-state index in [0.717, 1.165) is 0 Å². The Bertz CT molecular complexity index is 439. The molecule has 0 radical (unpaired) electrons. The zero-order chi connectivity index (χ0) is 14.3. The van der Waals surface area contributed by atoms with Crippen LogP contribution in [0.15, 0.2) is 24.3 Å². The Hall–Kier alpha value is -0.820. The molecule has 1 aliphatic carbocycles. The number of fused-ring (bicyclic) bond motifs is 1. The second-order valence-electron chi connectivity index (χ2n) is 7.87. The third kappa shape index (κ3) is 3.02. The van der Waals surface area contributed by atoms with Crippen molar-refractivity contribution in [2.24, 2.45) is 10.8 Å². The minimum atomic E-state index is 0.294. The Morgan fingerprint density at radius 3 is 2.47 bits per heavy atom. The summed E-state index contributed by atoms with van der Waals surface area (Å²) in [6.45, 7) is 14.0. The summed E-state index contributed by atoms with van der Waals surface area (Å²) in [7, 11) is 0. The van der Waals surface area contributed by atoms with Crippen LogP contribution in [-0.4, -0.2) is 6.04 Å². The van der Waals surface area contributed by atoms with Crippen molar-refractivity contribution in [3.05, 3.63) is 35.4 Å². The van der Waals surface area contributed by atoms with Crippen LogP contribution < -0.4 is 5.32 Å². The van der Waals surface area contributed by atoms with Crippen molar-refractivity contribution in [3.63, 3.8) is 0 Å². The third-order valence-corrected chi connectivity index (χ3v) is 4.90. The molecule has 0 aliphatic heterocycles. The summed E-state index contributed by atoms with van der Waals surface area (Å²) in [5, 5.41) is 3.91. The SMILES string of the molecule is CC(NC1c2ccccc2CCC1(C)C)C(C)(C)C. The Morgan fingerprint density at radius 2 is 1.84 bits per heavy atom. The maximum atomic E-state index is 3.91. The van der Waals surface area contributed by atoms with Gasteiger partial charge in [-0.1, -0.05) is 58.9 Å². The molecule has 0 aromatic heterocycles. The van der Waals surface area contributed by atoms with E-state index in [0.29, 0.717) is 22.9 Å². The van der Waals surface area contributed by atoms with Gasteiger partial charge in [0.25, 0.3) is 0 Å². The zero-order valence-electron chi connectivity index (χ0n) is 13.4. The predicted molar refractivity (Wildman–Crippen MR) is 83.3 cm³/mol. The van der Waals surface area contributed by atoms with Gasteiger partial charge in [0.15, 0.2) is 0 Å². The van der Waals surface area contributed by atoms with Gasteiger partial charge in [0.2, 0.25) is 0 Å². The summed E-state index contributed by atoms with van der Waals surface area (Å²) in [4.78, 5) is 0. The van der Waals surface area contributed by atoms with Crippen molar-refractivity contribution in [1.29, 1.82) is 0 Å². The monoisotopic (exact) mass is 259 g/mol. The van der Waals surface area contributed by atoms with E-state index in [1.165, 1.54) is 24.0 Å². The van der Waals surface area contributed by atoms with Crippen LogP contribution in [0.25, 0.3) is 0 Å². The second-order valence-corrected chi connectivity index (χ2v) is 7.87. The average molecular weight is 259 g/mol. The zero-order valence-corrected chi connectivity index (χ0v) is 13.4. The molecule has 1 N–H and O–H groups in total. The molecule has 1 heteroatoms. The first kappa shape index (κ1) is 14.6. The highest BCUT2D eigenvalue weighted by Gasteiger charge is 2.37. The average Bonchev–Trinajstić information content (AvgIpc) is 2.31. The van der Waals surface area contributed by atoms with E-state index < -0.39 is 0 Å². The maximum Gasteiger partial charge on any atom is 0.0377 e. The minimum absolute atomic E-state index is 0.294. The number of rotatable bonds is 2. The molecule has 0 bridgehead atoms. The van der Waals surface area contributed by atoms with E-state index in [2.05, 4.69) is 71.1 Å². The smallest absolute Gasteiger partial charge is 0.0377 e. The molecule has 0 heterocycles. The van der Waals surface area contributed by atoms with Gasteiger partial charge in [-0.25, -0.2) is 0 Å². The molecule has 1 nitrogen and oxygen atoms in total. The van der Waals surface area contributed by atoms with Crippen LogP contribution in [-0.2, 0) is 6.42 Å². The van der Waals surface area contributed by atoms with Crippen molar-refractivity contribution in [2.75, 3.05) is 0 Å². The Kier molecular flexibility index (Phi) is 3.79. The molecule has 2 atom stereocenters. The van der Waals surface area contributed by atoms with Gasteiger partial charge in [0.1, 0.15) is 0 Å². The lowest BCUT2D eigenvalue weighted by atomic mass is 9.69. The van der Waals surface area contributed by atoms with Crippen LogP contribution in [0.2, 0.25) is 0 Å². The Morgan fingerprint density at radius 1 is 1.21 bits per heavy atom. The summed E-state index contributed by atoms with van der Waals surface area (Å²) in [6, 6.07) is 9.91. The number of nitrogens with one attached hydrogen (secondary N) is 1. The number of aryl methyl sites for hydroxylation is 1. The molecule has 1 aromatic rings. The summed E-state index contributed by atoms with van der Waals surface area (Å²) < 4.78 is 0. The molecule has 0 saturated carbocycles. The van der Waals surface area contributed by atoms with Gasteiger partial charge in [-0.2, -0.15) is 0 Å². The van der Waals surface area contributed by atoms with Crippen molar-refractivity contribution < 1.29 is 0 Å². The molecule has 19 heavy (non-hydrogen) atoms. The summed E-state index contributed by atoms with van der Waals surface area (Å²) >= 11 is 0. The second kappa shape index (κ2) is 4.94. The van der Waals surface area contributed by atoms with Gasteiger partial charge in [0, 0.05) is 12.1 Å². The lowest BCUT2D eigenvalue weighted by molar-refractivity contribution is 0.160. The quantitative estimate of drug-likeness (QED) is 0.810. The molecule has 2 rings (SSSR count). The van der Waals surface area contributed by atoms with Gasteiger partial charge in [-0.05, 0) is 41.7 Å². The fourth-order valence-corrected chi connectivity index (χ4v) is 2.88. The largest absolute Gasteiger partial charge is 0.306 e. The lowest BCUT2D eigenvalue weighted by Gasteiger charge is -2.44. The Labute approximate surface area is 118 Å². The van der Waals surface area contributed by atoms with Gasteiger partial charge >= 0.3 is 0 Å². The third-order valence-electron chi connectivity index (χ3n) is 4.90. The van der Waals surface area contributed by atoms with E-state index in [4.69, 9.17) is 0 Å². The van der Waals surface area contributed by atoms with Crippen LogP contribution in [0.1, 0.15) is 65.1 Å². The van der Waals surface area contributed by atoms with Crippen LogP contribution in [0.5, 0.6) is 0 Å². The molecule has 0 fully saturated rings. The standard InChI is InChI=1S/C18H29N/c1-13(17(2,3)4)19-16-15-10-8-7-9-14(15)11-12-18(16,5)6/h7-10,13,16,19H,11-12H2,1-6H3. The van der Waals surface area contributed by atoms with Crippen LogP contribution in [0, 0.1) is 10.8 Å². The van der Waals surface area contributed by atoms with E-state index in [-0.39, 0.29) is 0 Å². The lowest BCUT2D eigenvalue weighted by Crippen LogP contribution is -2.46. The first-order valence-electron chi connectivity index (χ1n) is 7.56. The van der Waals surface area contributed by atoms with Crippen LogP contribution in [0.3, 0.4) is 0 Å². The summed E-state index contributed by atoms with van der Waals surface area (Å²) in [5.41, 5.74) is 3.66. The highest BCUT2D eigenvalue weighted by atomic mass is 15.0. The summed E-state index contributed by atoms with van der Waals surface area (Å²) in [5.74, 6) is 0. The molecule has 0 amide bonds. The molecule has 2 unspecified atom stereocenters. The van der Waals surface area contributed by atoms with Gasteiger partial charge in [-0.15, -0.1) is 0 Å². The minimum Gasteiger partial charge on any atom is -0.306 e. The predicted octanol–water partition coefficient (Wildman–Crippen LogP) is 4.72. The van der Waals surface area contributed by atoms with Gasteiger partial charge in [0.05, 0.1) is 0 Å². The van der Waals surface area contributed by atoms with Gasteiger partial charge in [-0.3, -0.25) is 0 Å². The van der Waals surface area contributed by atoms with Crippen LogP contribution >= 0.6 is 0 Å². The van der Waals surface area contributed by atoms with E-state index >= 15 is 0 Å². The fraction of sp³-hybridized carbons (Fsp3) is 0.667. The first-order valence-corrected chi connectivity index (χ1v) is 7.56. The fourth-order valence-electron chi connectivity index (χ4n) is 2.88. The molecular weight excluding hydrogens is 230 g/mol. The van der Waals surface area contributed by atoms with E-state index in [9.17, 15) is 0 Å². The normalized spacial score (nSPS) is 23.8. The molecule has 1 aliphatic rings. The number of benzene rings is 1. The summed E-state index contributed by atoms with van der Waals surface area (Å²) in [6.07, 6.45) is 2.48. The highest BCUT2D eigenvalue weighted by molar-refractivity contribution is 5.34. The molecule has 0 spiro atoms. The Balaban J connectivity index is 2.31. The van der Waals surface area contributed by atoms with Crippen LogP contribution in [0.4, 0.5) is 0 Å². The van der Waals surface area contributed by atoms with Crippen molar-refractivity contribution in [3.8, 4) is 0 Å². The molecule has 1 aromatic carbocycles. The molecule has 106 valence electrons. The number of hydrogen-bond donors (Lipinski definition) is 1. The van der Waals surface area contributed by atoms with E-state index in [1.807, 2.05) is 0 Å².